The number of piperidine rings is 1. The Balaban J connectivity index is 0.00000192. The molecule has 1 fully saturated rings. The summed E-state index contributed by atoms with van der Waals surface area (Å²) in [6.45, 7) is 3.28. The molecule has 23 heavy (non-hydrogen) atoms. The fourth-order valence-corrected chi connectivity index (χ4v) is 3.87. The first-order valence-corrected chi connectivity index (χ1v) is 8.60. The lowest BCUT2D eigenvalue weighted by Crippen LogP contribution is -2.33. The number of para-hydroxylation sites is 1. The highest BCUT2D eigenvalue weighted by Gasteiger charge is 2.21. The maximum absolute atomic E-state index is 5.70. The Morgan fingerprint density at radius 3 is 2.70 bits per heavy atom. The summed E-state index contributed by atoms with van der Waals surface area (Å²) in [5.74, 6) is 1.77. The average molecular weight is 354 g/mol. The molecule has 0 radical (unpaired) electrons. The zero-order valence-electron chi connectivity index (χ0n) is 13.4. The number of likely N-dealkylation sites (tertiary alicyclic amines) is 1. The summed E-state index contributed by atoms with van der Waals surface area (Å²) < 4.78 is 5.46. The molecule has 2 heterocycles. The molecule has 1 saturated heterocycles. The number of methoxy groups -OCH3 is 1. The Morgan fingerprint density at radius 2 is 2.04 bits per heavy atom. The van der Waals surface area contributed by atoms with Crippen molar-refractivity contribution in [2.24, 2.45) is 5.92 Å². The number of rotatable bonds is 5. The van der Waals surface area contributed by atoms with Gasteiger partial charge in [-0.3, -0.25) is 4.90 Å². The number of halogens is 1. The molecule has 1 aromatic carbocycles. The van der Waals surface area contributed by atoms with Crippen LogP contribution in [0.25, 0.3) is 0 Å². The van der Waals surface area contributed by atoms with Gasteiger partial charge in [0.2, 0.25) is 0 Å². The first-order valence-electron chi connectivity index (χ1n) is 7.79. The third-order valence-corrected chi connectivity index (χ3v) is 5.17. The van der Waals surface area contributed by atoms with Gasteiger partial charge in [0.15, 0.2) is 5.13 Å². The SMILES string of the molecule is COc1ccccc1CC1CCN(Cc2cnc(N)s2)CC1.Cl. The maximum atomic E-state index is 5.70. The van der Waals surface area contributed by atoms with Crippen LogP contribution < -0.4 is 10.5 Å². The highest BCUT2D eigenvalue weighted by Crippen LogP contribution is 2.27. The second kappa shape index (κ2) is 8.52. The summed E-state index contributed by atoms with van der Waals surface area (Å²) >= 11 is 1.60. The largest absolute Gasteiger partial charge is 0.496 e. The number of nitrogens with two attached hydrogens (primary N) is 1. The van der Waals surface area contributed by atoms with Crippen LogP contribution in [-0.2, 0) is 13.0 Å². The summed E-state index contributed by atoms with van der Waals surface area (Å²) in [5, 5.41) is 0.668. The molecule has 0 aliphatic carbocycles. The molecule has 0 bridgehead atoms. The van der Waals surface area contributed by atoms with Crippen LogP contribution in [0.4, 0.5) is 5.13 Å². The Labute approximate surface area is 148 Å². The van der Waals surface area contributed by atoms with Crippen molar-refractivity contribution in [3.63, 3.8) is 0 Å². The van der Waals surface area contributed by atoms with Crippen molar-refractivity contribution in [3.05, 3.63) is 40.9 Å². The van der Waals surface area contributed by atoms with E-state index in [4.69, 9.17) is 10.5 Å². The molecule has 0 spiro atoms. The number of hydrogen-bond donors (Lipinski definition) is 1. The van der Waals surface area contributed by atoms with E-state index in [1.807, 2.05) is 12.3 Å². The molecule has 0 saturated carbocycles. The highest BCUT2D eigenvalue weighted by atomic mass is 35.5. The predicted octanol–water partition coefficient (Wildman–Crippen LogP) is 3.61. The molecule has 3 rings (SSSR count). The van der Waals surface area contributed by atoms with Gasteiger partial charge in [-0.1, -0.05) is 18.2 Å². The van der Waals surface area contributed by atoms with Crippen LogP contribution in [0, 0.1) is 5.92 Å². The second-order valence-electron chi connectivity index (χ2n) is 5.90. The van der Waals surface area contributed by atoms with E-state index in [9.17, 15) is 0 Å². The third kappa shape index (κ3) is 4.83. The summed E-state index contributed by atoms with van der Waals surface area (Å²) in [6.07, 6.45) is 5.50. The van der Waals surface area contributed by atoms with Crippen LogP contribution in [0.3, 0.4) is 0 Å². The Morgan fingerprint density at radius 1 is 1.30 bits per heavy atom. The normalized spacial score (nSPS) is 16.0. The van der Waals surface area contributed by atoms with Crippen molar-refractivity contribution >= 4 is 28.9 Å². The van der Waals surface area contributed by atoms with Crippen LogP contribution in [0.2, 0.25) is 0 Å². The van der Waals surface area contributed by atoms with Crippen molar-refractivity contribution in [2.75, 3.05) is 25.9 Å². The fraction of sp³-hybridized carbons (Fsp3) is 0.471. The quantitative estimate of drug-likeness (QED) is 0.892. The number of anilines is 1. The third-order valence-electron chi connectivity index (χ3n) is 4.36. The number of ether oxygens (including phenoxy) is 1. The van der Waals surface area contributed by atoms with Crippen molar-refractivity contribution in [3.8, 4) is 5.75 Å². The van der Waals surface area contributed by atoms with Gasteiger partial charge in [-0.25, -0.2) is 4.98 Å². The van der Waals surface area contributed by atoms with Gasteiger partial charge in [-0.05, 0) is 49.9 Å². The molecule has 0 amide bonds. The van der Waals surface area contributed by atoms with E-state index in [0.717, 1.165) is 37.7 Å². The van der Waals surface area contributed by atoms with E-state index < -0.39 is 0 Å². The van der Waals surface area contributed by atoms with E-state index in [1.165, 1.54) is 23.3 Å². The number of benzene rings is 1. The summed E-state index contributed by atoms with van der Waals surface area (Å²) in [5.41, 5.74) is 7.03. The molecule has 2 N–H and O–H groups in total. The van der Waals surface area contributed by atoms with Crippen molar-refractivity contribution in [1.29, 1.82) is 0 Å². The monoisotopic (exact) mass is 353 g/mol. The topological polar surface area (TPSA) is 51.4 Å². The lowest BCUT2D eigenvalue weighted by molar-refractivity contribution is 0.178. The highest BCUT2D eigenvalue weighted by molar-refractivity contribution is 7.15. The number of nitrogen functional groups attached to an aromatic ring is 1. The number of thiazole rings is 1. The lowest BCUT2D eigenvalue weighted by atomic mass is 9.90. The van der Waals surface area contributed by atoms with Gasteiger partial charge >= 0.3 is 0 Å². The minimum Gasteiger partial charge on any atom is -0.496 e. The lowest BCUT2D eigenvalue weighted by Gasteiger charge is -2.31. The van der Waals surface area contributed by atoms with E-state index in [2.05, 4.69) is 28.1 Å². The van der Waals surface area contributed by atoms with E-state index >= 15 is 0 Å². The number of hydrogen-bond acceptors (Lipinski definition) is 5. The fourth-order valence-electron chi connectivity index (χ4n) is 3.15. The molecule has 2 aromatic rings. The minimum absolute atomic E-state index is 0. The Hall–Kier alpha value is -1.30. The minimum atomic E-state index is 0. The number of aromatic nitrogens is 1. The van der Waals surface area contributed by atoms with E-state index in [1.54, 1.807) is 18.4 Å². The Bertz CT molecular complexity index is 611. The van der Waals surface area contributed by atoms with Crippen LogP contribution in [0.1, 0.15) is 23.3 Å². The predicted molar refractivity (Wildman–Crippen MR) is 98.5 cm³/mol. The molecular weight excluding hydrogens is 330 g/mol. The van der Waals surface area contributed by atoms with Crippen LogP contribution in [0.15, 0.2) is 30.5 Å². The summed E-state index contributed by atoms with van der Waals surface area (Å²) in [7, 11) is 1.75. The van der Waals surface area contributed by atoms with Crippen molar-refractivity contribution < 1.29 is 4.74 Å². The first kappa shape index (κ1) is 18.0. The zero-order chi connectivity index (χ0) is 15.4. The molecule has 126 valence electrons. The molecule has 4 nitrogen and oxygen atoms in total. The van der Waals surface area contributed by atoms with Gasteiger partial charge < -0.3 is 10.5 Å². The van der Waals surface area contributed by atoms with E-state index in [0.29, 0.717) is 5.13 Å². The summed E-state index contributed by atoms with van der Waals surface area (Å²) in [4.78, 5) is 7.90. The molecule has 1 aliphatic heterocycles. The van der Waals surface area contributed by atoms with Crippen LogP contribution >= 0.6 is 23.7 Å². The van der Waals surface area contributed by atoms with Gasteiger partial charge in [0.25, 0.3) is 0 Å². The van der Waals surface area contributed by atoms with Gasteiger partial charge in [0.05, 0.1) is 7.11 Å². The van der Waals surface area contributed by atoms with Gasteiger partial charge in [0, 0.05) is 17.6 Å². The molecule has 6 heteroatoms. The average Bonchev–Trinajstić information content (AvgIpc) is 2.95. The summed E-state index contributed by atoms with van der Waals surface area (Å²) in [6, 6.07) is 8.37. The number of nitrogens with zero attached hydrogens (tertiary/aromatic N) is 2. The molecular formula is C17H24ClN3OS. The molecule has 0 unspecified atom stereocenters. The van der Waals surface area contributed by atoms with Crippen LogP contribution in [0.5, 0.6) is 5.75 Å². The van der Waals surface area contributed by atoms with Gasteiger partial charge in [0.1, 0.15) is 5.75 Å². The Kier molecular flexibility index (Phi) is 6.69. The van der Waals surface area contributed by atoms with Crippen molar-refractivity contribution in [1.82, 2.24) is 9.88 Å². The smallest absolute Gasteiger partial charge is 0.180 e. The first-order chi connectivity index (χ1) is 10.7. The standard InChI is InChI=1S/C17H23N3OS.ClH/c1-21-16-5-3-2-4-14(16)10-13-6-8-20(9-7-13)12-15-11-19-17(18)22-15;/h2-5,11,13H,6-10,12H2,1H3,(H2,18,19);1H. The molecule has 1 aromatic heterocycles. The van der Waals surface area contributed by atoms with Crippen molar-refractivity contribution in [2.45, 2.75) is 25.8 Å². The second-order valence-corrected chi connectivity index (χ2v) is 7.05. The maximum Gasteiger partial charge on any atom is 0.180 e. The van der Waals surface area contributed by atoms with Crippen LogP contribution in [-0.4, -0.2) is 30.1 Å². The molecule has 1 aliphatic rings. The zero-order valence-corrected chi connectivity index (χ0v) is 15.0. The van der Waals surface area contributed by atoms with Gasteiger partial charge in [-0.15, -0.1) is 23.7 Å². The van der Waals surface area contributed by atoms with E-state index in [-0.39, 0.29) is 12.4 Å². The van der Waals surface area contributed by atoms with Gasteiger partial charge in [-0.2, -0.15) is 0 Å². The molecule has 0 atom stereocenters.